The molecule has 0 saturated carbocycles. The summed E-state index contributed by atoms with van der Waals surface area (Å²) in [4.78, 5) is 33.5. The molecule has 0 spiro atoms. The summed E-state index contributed by atoms with van der Waals surface area (Å²) in [6.45, 7) is 5.28. The number of benzene rings is 2. The minimum Gasteiger partial charge on any atom is -0.492 e. The maximum Gasteiger partial charge on any atom is 0.409 e. The SMILES string of the molecule is CCOC(=O)N1CCN(S(=O)(=O)c2ccc(C(=O)N(Cc3ccco3)c3nc4c(OCC)cccc4s3)cc2)CC1. The molecular formula is C28H30N4O7S2. The largest absolute Gasteiger partial charge is 0.492 e. The number of rotatable bonds is 9. The van der Waals surface area contributed by atoms with Crippen LogP contribution in [0.4, 0.5) is 9.93 Å². The first kappa shape index (κ1) is 28.6. The lowest BCUT2D eigenvalue weighted by atomic mass is 10.2. The zero-order valence-corrected chi connectivity index (χ0v) is 24.3. The Bertz CT molecular complexity index is 1610. The normalized spacial score (nSPS) is 14.2. The van der Waals surface area contributed by atoms with Crippen LogP contribution in [0, 0.1) is 0 Å². The zero-order chi connectivity index (χ0) is 29.0. The van der Waals surface area contributed by atoms with Crippen LogP contribution in [0.15, 0.2) is 70.2 Å². The number of carbonyl (C=O) groups excluding carboxylic acids is 2. The van der Waals surface area contributed by atoms with Gasteiger partial charge in [0.25, 0.3) is 5.91 Å². The molecule has 1 fully saturated rings. The van der Waals surface area contributed by atoms with Gasteiger partial charge in [0.15, 0.2) is 5.13 Å². The maximum absolute atomic E-state index is 13.8. The first-order valence-electron chi connectivity index (χ1n) is 13.2. The number of hydrogen-bond donors (Lipinski definition) is 0. The van der Waals surface area contributed by atoms with Crippen LogP contribution in [0.1, 0.15) is 30.0 Å². The summed E-state index contributed by atoms with van der Waals surface area (Å²) in [6.07, 6.45) is 1.09. The molecule has 4 aromatic rings. The summed E-state index contributed by atoms with van der Waals surface area (Å²) in [7, 11) is -3.82. The van der Waals surface area contributed by atoms with Crippen LogP contribution in [0.3, 0.4) is 0 Å². The second kappa shape index (κ2) is 12.3. The number of amides is 2. The second-order valence-electron chi connectivity index (χ2n) is 9.12. The average Bonchev–Trinajstić information content (AvgIpc) is 3.66. The van der Waals surface area contributed by atoms with Crippen molar-refractivity contribution in [2.75, 3.05) is 44.3 Å². The lowest BCUT2D eigenvalue weighted by Crippen LogP contribution is -2.50. The number of ether oxygens (including phenoxy) is 2. The lowest BCUT2D eigenvalue weighted by Gasteiger charge is -2.33. The van der Waals surface area contributed by atoms with Gasteiger partial charge in [0.05, 0.1) is 35.6 Å². The predicted octanol–water partition coefficient (Wildman–Crippen LogP) is 4.60. The Morgan fingerprint density at radius 3 is 2.41 bits per heavy atom. The van der Waals surface area contributed by atoms with E-state index in [2.05, 4.69) is 0 Å². The zero-order valence-electron chi connectivity index (χ0n) is 22.7. The predicted molar refractivity (Wildman–Crippen MR) is 154 cm³/mol. The number of anilines is 1. The third-order valence-electron chi connectivity index (χ3n) is 6.54. The van der Waals surface area contributed by atoms with Gasteiger partial charge in [-0.2, -0.15) is 4.31 Å². The average molecular weight is 599 g/mol. The van der Waals surface area contributed by atoms with Crippen molar-refractivity contribution in [1.29, 1.82) is 0 Å². The fourth-order valence-electron chi connectivity index (χ4n) is 4.48. The van der Waals surface area contributed by atoms with Gasteiger partial charge in [0, 0.05) is 31.7 Å². The number of thiazole rings is 1. The Balaban J connectivity index is 1.38. The number of para-hydroxylation sites is 1. The van der Waals surface area contributed by atoms with E-state index in [1.807, 2.05) is 25.1 Å². The highest BCUT2D eigenvalue weighted by Crippen LogP contribution is 2.35. The maximum atomic E-state index is 13.8. The first-order valence-corrected chi connectivity index (χ1v) is 15.5. The third kappa shape index (κ3) is 6.06. The van der Waals surface area contributed by atoms with E-state index in [0.29, 0.717) is 34.3 Å². The Labute approximate surface area is 241 Å². The second-order valence-corrected chi connectivity index (χ2v) is 12.1. The molecule has 0 bridgehead atoms. The fourth-order valence-corrected chi connectivity index (χ4v) is 6.89. The molecule has 1 aliphatic heterocycles. The van der Waals surface area contributed by atoms with Crippen LogP contribution in [0.2, 0.25) is 0 Å². The summed E-state index contributed by atoms with van der Waals surface area (Å²) in [5.74, 6) is 0.852. The summed E-state index contributed by atoms with van der Waals surface area (Å²) in [5, 5.41) is 0.463. The van der Waals surface area contributed by atoms with Gasteiger partial charge in [-0.3, -0.25) is 9.69 Å². The van der Waals surface area contributed by atoms with Crippen molar-refractivity contribution in [3.05, 3.63) is 72.2 Å². The minimum atomic E-state index is -3.82. The van der Waals surface area contributed by atoms with Crippen molar-refractivity contribution in [3.63, 3.8) is 0 Å². The van der Waals surface area contributed by atoms with Gasteiger partial charge in [-0.15, -0.1) is 0 Å². The van der Waals surface area contributed by atoms with E-state index in [-0.39, 0.29) is 50.1 Å². The summed E-state index contributed by atoms with van der Waals surface area (Å²) in [5.41, 5.74) is 0.961. The molecule has 1 saturated heterocycles. The van der Waals surface area contributed by atoms with E-state index in [0.717, 1.165) is 4.70 Å². The molecule has 11 nitrogen and oxygen atoms in total. The number of carbonyl (C=O) groups is 2. The molecule has 0 atom stereocenters. The molecule has 0 aliphatic carbocycles. The summed E-state index contributed by atoms with van der Waals surface area (Å²) in [6, 6.07) is 15.0. The molecule has 2 amide bonds. The van der Waals surface area contributed by atoms with E-state index in [1.165, 1.54) is 56.0 Å². The Kier molecular flexibility index (Phi) is 8.57. The number of fused-ring (bicyclic) bond motifs is 1. The van der Waals surface area contributed by atoms with Gasteiger partial charge in [0.2, 0.25) is 10.0 Å². The fraction of sp³-hybridized carbons (Fsp3) is 0.321. The van der Waals surface area contributed by atoms with Crippen molar-refractivity contribution >= 4 is 48.7 Å². The molecule has 0 radical (unpaired) electrons. The summed E-state index contributed by atoms with van der Waals surface area (Å²) < 4.78 is 45.0. The lowest BCUT2D eigenvalue weighted by molar-refractivity contribution is 0.0933. The topological polar surface area (TPSA) is 122 Å². The van der Waals surface area contributed by atoms with Gasteiger partial charge < -0.3 is 18.8 Å². The van der Waals surface area contributed by atoms with E-state index in [9.17, 15) is 18.0 Å². The number of piperazine rings is 1. The van der Waals surface area contributed by atoms with Crippen molar-refractivity contribution in [3.8, 4) is 5.75 Å². The Morgan fingerprint density at radius 1 is 1.00 bits per heavy atom. The Morgan fingerprint density at radius 2 is 1.76 bits per heavy atom. The smallest absolute Gasteiger partial charge is 0.409 e. The van der Waals surface area contributed by atoms with E-state index < -0.39 is 16.1 Å². The van der Waals surface area contributed by atoms with Crippen LogP contribution in [-0.4, -0.2) is 74.0 Å². The van der Waals surface area contributed by atoms with E-state index >= 15 is 0 Å². The number of furan rings is 1. The molecule has 2 aromatic heterocycles. The molecule has 41 heavy (non-hydrogen) atoms. The monoisotopic (exact) mass is 598 g/mol. The van der Waals surface area contributed by atoms with Crippen LogP contribution < -0.4 is 9.64 Å². The first-order chi connectivity index (χ1) is 19.8. The van der Waals surface area contributed by atoms with Crippen molar-refractivity contribution in [2.45, 2.75) is 25.3 Å². The number of sulfonamides is 1. The molecule has 5 rings (SSSR count). The van der Waals surface area contributed by atoms with Crippen LogP contribution in [-0.2, 0) is 21.3 Å². The van der Waals surface area contributed by atoms with Crippen molar-refractivity contribution in [2.24, 2.45) is 0 Å². The number of hydrogen-bond acceptors (Lipinski definition) is 9. The molecule has 2 aromatic carbocycles. The van der Waals surface area contributed by atoms with Crippen LogP contribution >= 0.6 is 11.3 Å². The molecule has 13 heteroatoms. The van der Waals surface area contributed by atoms with Crippen molar-refractivity contribution < 1.29 is 31.9 Å². The summed E-state index contributed by atoms with van der Waals surface area (Å²) >= 11 is 1.35. The van der Waals surface area contributed by atoms with Crippen LogP contribution in [0.25, 0.3) is 10.2 Å². The highest BCUT2D eigenvalue weighted by atomic mass is 32.2. The molecular weight excluding hydrogens is 568 g/mol. The van der Waals surface area contributed by atoms with E-state index in [4.69, 9.17) is 18.9 Å². The van der Waals surface area contributed by atoms with Crippen molar-refractivity contribution in [1.82, 2.24) is 14.2 Å². The molecule has 1 aliphatic rings. The quantitative estimate of drug-likeness (QED) is 0.274. The number of nitrogens with zero attached hydrogens (tertiary/aromatic N) is 4. The Hall–Kier alpha value is -3.94. The van der Waals surface area contributed by atoms with Gasteiger partial charge in [0.1, 0.15) is 17.0 Å². The van der Waals surface area contributed by atoms with Gasteiger partial charge in [-0.25, -0.2) is 18.2 Å². The standard InChI is InChI=1S/C28H30N4O7S2/c1-3-37-23-8-5-9-24-25(23)29-27(40-24)32(19-21-7-6-18-39-21)26(33)20-10-12-22(13-11-20)41(35,36)31-16-14-30(15-17-31)28(34)38-4-2/h5-13,18H,3-4,14-17,19H2,1-2H3. The minimum absolute atomic E-state index is 0.0672. The van der Waals surface area contributed by atoms with E-state index in [1.54, 1.807) is 19.1 Å². The molecule has 3 heterocycles. The molecule has 0 N–H and O–H groups in total. The molecule has 216 valence electrons. The van der Waals surface area contributed by atoms with Gasteiger partial charge >= 0.3 is 6.09 Å². The highest BCUT2D eigenvalue weighted by Gasteiger charge is 2.31. The number of aromatic nitrogens is 1. The van der Waals surface area contributed by atoms with Gasteiger partial charge in [-0.05, 0) is 62.4 Å². The van der Waals surface area contributed by atoms with Crippen LogP contribution in [0.5, 0.6) is 5.75 Å². The van der Waals surface area contributed by atoms with Gasteiger partial charge in [-0.1, -0.05) is 17.4 Å². The molecule has 0 unspecified atom stereocenters. The highest BCUT2D eigenvalue weighted by molar-refractivity contribution is 7.89. The third-order valence-corrected chi connectivity index (χ3v) is 9.50.